The largest absolute Gasteiger partial charge is 0.382 e. The lowest BCUT2D eigenvalue weighted by Crippen LogP contribution is -2.15. The van der Waals surface area contributed by atoms with Crippen molar-refractivity contribution >= 4 is 38.4 Å². The van der Waals surface area contributed by atoms with Gasteiger partial charge in [0.2, 0.25) is 5.91 Å². The number of halogens is 1. The Hall–Kier alpha value is -1.46. The topological polar surface area (TPSA) is 51.2 Å². The van der Waals surface area contributed by atoms with Crippen molar-refractivity contribution in [3.63, 3.8) is 0 Å². The average Bonchev–Trinajstić information content (AvgIpc) is 2.44. The molecule has 4 nitrogen and oxygen atoms in total. The van der Waals surface area contributed by atoms with Gasteiger partial charge in [-0.3, -0.25) is 9.78 Å². The minimum atomic E-state index is -0.0221. The van der Waals surface area contributed by atoms with Crippen LogP contribution in [0, 0.1) is 0 Å². The van der Waals surface area contributed by atoms with Gasteiger partial charge in [0.25, 0.3) is 0 Å². The monoisotopic (exact) mass is 336 g/mol. The number of nitrogens with one attached hydrogen (secondary N) is 1. The Bertz CT molecular complexity index is 616. The van der Waals surface area contributed by atoms with E-state index in [0.29, 0.717) is 12.8 Å². The number of carbonyl (C=O) groups is 1. The Balaban J connectivity index is 2.11. The lowest BCUT2D eigenvalue weighted by Gasteiger charge is -2.10. The van der Waals surface area contributed by atoms with Crippen LogP contribution in [0.3, 0.4) is 0 Å². The quantitative estimate of drug-likeness (QED) is 0.904. The number of benzene rings is 1. The van der Waals surface area contributed by atoms with Crippen LogP contribution in [0.2, 0.25) is 0 Å². The number of anilines is 1. The van der Waals surface area contributed by atoms with E-state index in [2.05, 4.69) is 26.2 Å². The fraction of sp³-hybridized carbons (Fsp3) is 0.333. The van der Waals surface area contributed by atoms with Gasteiger partial charge in [-0.25, -0.2) is 0 Å². The van der Waals surface area contributed by atoms with Crippen LogP contribution in [0.4, 0.5) is 5.69 Å². The maximum atomic E-state index is 11.9. The number of para-hydroxylation sites is 1. The van der Waals surface area contributed by atoms with Crippen molar-refractivity contribution < 1.29 is 9.53 Å². The van der Waals surface area contributed by atoms with E-state index in [-0.39, 0.29) is 12.0 Å². The first-order chi connectivity index (χ1) is 9.60. The first-order valence-corrected chi connectivity index (χ1v) is 7.26. The molecule has 0 saturated heterocycles. The predicted molar refractivity (Wildman–Crippen MR) is 83.8 cm³/mol. The van der Waals surface area contributed by atoms with Gasteiger partial charge in [0.05, 0.1) is 17.3 Å². The van der Waals surface area contributed by atoms with Gasteiger partial charge in [-0.1, -0.05) is 12.1 Å². The van der Waals surface area contributed by atoms with E-state index < -0.39 is 0 Å². The molecule has 5 heteroatoms. The van der Waals surface area contributed by atoms with Crippen LogP contribution in [0.15, 0.2) is 34.9 Å². The number of hydrogen-bond donors (Lipinski definition) is 1. The van der Waals surface area contributed by atoms with Gasteiger partial charge in [-0.2, -0.15) is 0 Å². The van der Waals surface area contributed by atoms with E-state index in [1.54, 1.807) is 13.3 Å². The highest BCUT2D eigenvalue weighted by Crippen LogP contribution is 2.24. The number of aromatic nitrogens is 1. The summed E-state index contributed by atoms with van der Waals surface area (Å²) in [6.07, 6.45) is 2.95. The molecule has 1 N–H and O–H groups in total. The molecular weight excluding hydrogens is 320 g/mol. The normalized spacial score (nSPS) is 12.3. The fourth-order valence-corrected chi connectivity index (χ4v) is 2.25. The third kappa shape index (κ3) is 3.77. The number of methoxy groups -OCH3 is 1. The van der Waals surface area contributed by atoms with Gasteiger partial charge in [0.1, 0.15) is 0 Å². The average molecular weight is 337 g/mol. The van der Waals surface area contributed by atoms with Gasteiger partial charge < -0.3 is 10.1 Å². The molecule has 0 fully saturated rings. The predicted octanol–water partition coefficient (Wildman–Crippen LogP) is 3.75. The molecule has 1 atom stereocenters. The van der Waals surface area contributed by atoms with E-state index in [1.807, 2.05) is 31.2 Å². The molecule has 0 saturated carbocycles. The molecule has 1 heterocycles. The minimum Gasteiger partial charge on any atom is -0.382 e. The summed E-state index contributed by atoms with van der Waals surface area (Å²) < 4.78 is 6.06. The maximum absolute atomic E-state index is 11.9. The molecule has 106 valence electrons. The highest BCUT2D eigenvalue weighted by molar-refractivity contribution is 9.10. The van der Waals surface area contributed by atoms with Crippen molar-refractivity contribution in [1.29, 1.82) is 0 Å². The second-order valence-electron chi connectivity index (χ2n) is 4.66. The van der Waals surface area contributed by atoms with Crippen LogP contribution < -0.4 is 5.32 Å². The van der Waals surface area contributed by atoms with Crippen molar-refractivity contribution in [2.75, 3.05) is 12.4 Å². The second-order valence-corrected chi connectivity index (χ2v) is 5.58. The van der Waals surface area contributed by atoms with Gasteiger partial charge >= 0.3 is 0 Å². The SMILES string of the molecule is COC(C)CCC(=O)Nc1cccc2cc(Br)cnc12. The van der Waals surface area contributed by atoms with Gasteiger partial charge in [0.15, 0.2) is 0 Å². The van der Waals surface area contributed by atoms with E-state index in [0.717, 1.165) is 21.1 Å². The van der Waals surface area contributed by atoms with Crippen molar-refractivity contribution in [1.82, 2.24) is 4.98 Å². The van der Waals surface area contributed by atoms with Crippen LogP contribution >= 0.6 is 15.9 Å². The van der Waals surface area contributed by atoms with Gasteiger partial charge in [0, 0.05) is 29.6 Å². The highest BCUT2D eigenvalue weighted by Gasteiger charge is 2.09. The molecule has 0 spiro atoms. The number of ether oxygens (including phenoxy) is 1. The number of nitrogens with zero attached hydrogens (tertiary/aromatic N) is 1. The lowest BCUT2D eigenvalue weighted by atomic mass is 10.1. The Morgan fingerprint density at radius 1 is 1.50 bits per heavy atom. The van der Waals surface area contributed by atoms with Crippen LogP contribution in [0.5, 0.6) is 0 Å². The number of fused-ring (bicyclic) bond motifs is 1. The standard InChI is InChI=1S/C15H17BrN2O2/c1-10(20-2)6-7-14(19)18-13-5-3-4-11-8-12(16)9-17-15(11)13/h3-5,8-10H,6-7H2,1-2H3,(H,18,19). The van der Waals surface area contributed by atoms with E-state index in [4.69, 9.17) is 4.74 Å². The van der Waals surface area contributed by atoms with Crippen LogP contribution in [0.25, 0.3) is 10.9 Å². The molecule has 2 aromatic rings. The summed E-state index contributed by atoms with van der Waals surface area (Å²) in [4.78, 5) is 16.3. The summed E-state index contributed by atoms with van der Waals surface area (Å²) in [5.41, 5.74) is 1.54. The molecule has 1 unspecified atom stereocenters. The number of pyridine rings is 1. The Labute approximate surface area is 126 Å². The zero-order valence-electron chi connectivity index (χ0n) is 11.5. The van der Waals surface area contributed by atoms with Crippen LogP contribution in [-0.4, -0.2) is 24.1 Å². The highest BCUT2D eigenvalue weighted by atomic mass is 79.9. The van der Waals surface area contributed by atoms with E-state index in [1.165, 1.54) is 0 Å². The smallest absolute Gasteiger partial charge is 0.224 e. The zero-order chi connectivity index (χ0) is 14.5. The fourth-order valence-electron chi connectivity index (χ4n) is 1.90. The molecule has 0 radical (unpaired) electrons. The molecule has 1 amide bonds. The van der Waals surface area contributed by atoms with E-state index >= 15 is 0 Å². The first kappa shape index (κ1) is 14.9. The molecule has 2 rings (SSSR count). The molecular formula is C15H17BrN2O2. The van der Waals surface area contributed by atoms with E-state index in [9.17, 15) is 4.79 Å². The number of carbonyl (C=O) groups excluding carboxylic acids is 1. The van der Waals surface area contributed by atoms with Crippen molar-refractivity contribution in [3.8, 4) is 0 Å². The Morgan fingerprint density at radius 2 is 2.30 bits per heavy atom. The van der Waals surface area contributed by atoms with Crippen LogP contribution in [-0.2, 0) is 9.53 Å². The van der Waals surface area contributed by atoms with Gasteiger partial charge in [-0.15, -0.1) is 0 Å². The Kier molecular flexibility index (Phi) is 5.09. The number of hydrogen-bond acceptors (Lipinski definition) is 3. The van der Waals surface area contributed by atoms with Crippen LogP contribution in [0.1, 0.15) is 19.8 Å². The Morgan fingerprint density at radius 3 is 3.05 bits per heavy atom. The van der Waals surface area contributed by atoms with Crippen molar-refractivity contribution in [2.45, 2.75) is 25.9 Å². The number of rotatable bonds is 5. The minimum absolute atomic E-state index is 0.0221. The molecule has 0 bridgehead atoms. The summed E-state index contributed by atoms with van der Waals surface area (Å²) in [7, 11) is 1.65. The molecule has 0 aliphatic carbocycles. The molecule has 1 aromatic heterocycles. The third-order valence-electron chi connectivity index (χ3n) is 3.13. The summed E-state index contributed by atoms with van der Waals surface area (Å²) in [6, 6.07) is 7.71. The summed E-state index contributed by atoms with van der Waals surface area (Å²) in [5.74, 6) is -0.0221. The molecule has 0 aliphatic rings. The van der Waals surface area contributed by atoms with Crippen molar-refractivity contribution in [3.05, 3.63) is 34.9 Å². The third-order valence-corrected chi connectivity index (χ3v) is 3.57. The van der Waals surface area contributed by atoms with Gasteiger partial charge in [-0.05, 0) is 41.4 Å². The zero-order valence-corrected chi connectivity index (χ0v) is 13.1. The number of amides is 1. The summed E-state index contributed by atoms with van der Waals surface area (Å²) >= 11 is 3.39. The molecule has 1 aromatic carbocycles. The molecule has 0 aliphatic heterocycles. The first-order valence-electron chi connectivity index (χ1n) is 6.47. The summed E-state index contributed by atoms with van der Waals surface area (Å²) in [6.45, 7) is 1.95. The lowest BCUT2D eigenvalue weighted by molar-refractivity contribution is -0.116. The maximum Gasteiger partial charge on any atom is 0.224 e. The second kappa shape index (κ2) is 6.81. The van der Waals surface area contributed by atoms with Crippen molar-refractivity contribution in [2.24, 2.45) is 0 Å². The summed E-state index contributed by atoms with van der Waals surface area (Å²) in [5, 5.41) is 3.90. The molecule has 20 heavy (non-hydrogen) atoms.